The van der Waals surface area contributed by atoms with Crippen LogP contribution in [0.3, 0.4) is 0 Å². The van der Waals surface area contributed by atoms with Crippen molar-refractivity contribution < 1.29 is 18.3 Å². The molecule has 0 spiro atoms. The monoisotopic (exact) mass is 347 g/mol. The number of hydrogen-bond acceptors (Lipinski definition) is 2. The topological polar surface area (TPSA) is 29.5 Å². The van der Waals surface area contributed by atoms with E-state index in [0.29, 0.717) is 18.4 Å². The van der Waals surface area contributed by atoms with E-state index in [2.05, 4.69) is 15.9 Å². The highest BCUT2D eigenvalue weighted by Crippen LogP contribution is 2.17. The van der Waals surface area contributed by atoms with E-state index in [1.807, 2.05) is 6.92 Å². The molecule has 1 saturated heterocycles. The van der Waals surface area contributed by atoms with Gasteiger partial charge in [0.25, 0.3) is 0 Å². The molecule has 3 nitrogen and oxygen atoms in total. The van der Waals surface area contributed by atoms with Gasteiger partial charge in [0, 0.05) is 24.0 Å². The molecular formula is C14H16BrF2NO2. The molecule has 1 aliphatic rings. The summed E-state index contributed by atoms with van der Waals surface area (Å²) in [5.41, 5.74) is -0.174. The second-order valence-corrected chi connectivity index (χ2v) is 5.55. The number of benzene rings is 1. The van der Waals surface area contributed by atoms with Crippen LogP contribution in [0.4, 0.5) is 8.78 Å². The first-order valence-electron chi connectivity index (χ1n) is 6.43. The molecule has 1 amide bonds. The van der Waals surface area contributed by atoms with Crippen LogP contribution < -0.4 is 0 Å². The lowest BCUT2D eigenvalue weighted by Crippen LogP contribution is -2.50. The van der Waals surface area contributed by atoms with Crippen LogP contribution in [-0.2, 0) is 16.0 Å². The molecule has 1 heterocycles. The van der Waals surface area contributed by atoms with Gasteiger partial charge in [0.15, 0.2) is 0 Å². The Labute approximate surface area is 125 Å². The van der Waals surface area contributed by atoms with Gasteiger partial charge in [0.05, 0.1) is 18.6 Å². The van der Waals surface area contributed by atoms with Gasteiger partial charge in [-0.1, -0.05) is 22.0 Å². The fraction of sp³-hybridized carbons (Fsp3) is 0.500. The van der Waals surface area contributed by atoms with Gasteiger partial charge in [-0.25, -0.2) is 8.78 Å². The maximum absolute atomic E-state index is 13.6. The Bertz CT molecular complexity index is 478. The van der Waals surface area contributed by atoms with Crippen molar-refractivity contribution in [3.63, 3.8) is 0 Å². The molecule has 6 heteroatoms. The zero-order valence-corrected chi connectivity index (χ0v) is 12.7. The minimum atomic E-state index is -0.684. The normalized spacial score (nSPS) is 22.9. The summed E-state index contributed by atoms with van der Waals surface area (Å²) in [4.78, 5) is 13.8. The summed E-state index contributed by atoms with van der Waals surface area (Å²) in [7, 11) is 0. The summed E-state index contributed by atoms with van der Waals surface area (Å²) in [5, 5.41) is 0.620. The molecule has 20 heavy (non-hydrogen) atoms. The van der Waals surface area contributed by atoms with Crippen LogP contribution in [0.25, 0.3) is 0 Å². The molecule has 0 saturated carbocycles. The van der Waals surface area contributed by atoms with E-state index in [4.69, 9.17) is 4.74 Å². The Morgan fingerprint density at radius 1 is 1.40 bits per heavy atom. The van der Waals surface area contributed by atoms with Crippen molar-refractivity contribution >= 4 is 21.8 Å². The molecule has 2 atom stereocenters. The third-order valence-corrected chi connectivity index (χ3v) is 3.96. The van der Waals surface area contributed by atoms with Crippen molar-refractivity contribution in [2.24, 2.45) is 0 Å². The van der Waals surface area contributed by atoms with Crippen LogP contribution in [0, 0.1) is 11.6 Å². The Kier molecular flexibility index (Phi) is 5.10. The van der Waals surface area contributed by atoms with Crippen LogP contribution in [0.1, 0.15) is 12.5 Å². The first-order valence-corrected chi connectivity index (χ1v) is 7.55. The highest BCUT2D eigenvalue weighted by Gasteiger charge is 2.28. The predicted octanol–water partition coefficient (Wildman–Crippen LogP) is 2.52. The molecule has 0 radical (unpaired) electrons. The molecule has 1 fully saturated rings. The third-order valence-electron chi connectivity index (χ3n) is 3.24. The van der Waals surface area contributed by atoms with Gasteiger partial charge in [-0.15, -0.1) is 0 Å². The second kappa shape index (κ2) is 6.63. The van der Waals surface area contributed by atoms with E-state index in [1.54, 1.807) is 4.90 Å². The number of alkyl halides is 1. The number of nitrogens with zero attached hydrogens (tertiary/aromatic N) is 1. The second-order valence-electron chi connectivity index (χ2n) is 4.90. The standard InChI is InChI=1S/C14H16BrF2NO2/c1-9-7-18(8-10(6-15)20-9)14(19)5-11-12(16)3-2-4-13(11)17/h2-4,9-10H,5-8H2,1H3. The number of carbonyl (C=O) groups excluding carboxylic acids is 1. The van der Waals surface area contributed by atoms with Crippen LogP contribution in [0.15, 0.2) is 18.2 Å². The van der Waals surface area contributed by atoms with Gasteiger partial charge in [0.2, 0.25) is 5.91 Å². The zero-order chi connectivity index (χ0) is 14.7. The molecule has 2 rings (SSSR count). The lowest BCUT2D eigenvalue weighted by molar-refractivity contribution is -0.142. The van der Waals surface area contributed by atoms with Gasteiger partial charge < -0.3 is 9.64 Å². The zero-order valence-electron chi connectivity index (χ0n) is 11.1. The molecule has 0 aromatic heterocycles. The lowest BCUT2D eigenvalue weighted by atomic mass is 10.1. The fourth-order valence-corrected chi connectivity index (χ4v) is 2.66. The lowest BCUT2D eigenvalue weighted by Gasteiger charge is -2.36. The van der Waals surface area contributed by atoms with Gasteiger partial charge in [0.1, 0.15) is 11.6 Å². The van der Waals surface area contributed by atoms with Gasteiger partial charge >= 0.3 is 0 Å². The quantitative estimate of drug-likeness (QED) is 0.786. The van der Waals surface area contributed by atoms with E-state index in [1.165, 1.54) is 6.07 Å². The molecule has 0 bridgehead atoms. The van der Waals surface area contributed by atoms with Crippen LogP contribution in [0.2, 0.25) is 0 Å². The largest absolute Gasteiger partial charge is 0.371 e. The highest BCUT2D eigenvalue weighted by molar-refractivity contribution is 9.09. The molecule has 1 aliphatic heterocycles. The van der Waals surface area contributed by atoms with Crippen molar-refractivity contribution in [1.29, 1.82) is 0 Å². The third kappa shape index (κ3) is 3.55. The summed E-state index contributed by atoms with van der Waals surface area (Å²) < 4.78 is 32.7. The molecule has 1 aromatic rings. The fourth-order valence-electron chi connectivity index (χ4n) is 2.30. The number of carbonyl (C=O) groups is 1. The van der Waals surface area contributed by atoms with E-state index in [-0.39, 0.29) is 30.1 Å². The van der Waals surface area contributed by atoms with E-state index >= 15 is 0 Å². The van der Waals surface area contributed by atoms with Gasteiger partial charge in [-0.2, -0.15) is 0 Å². The van der Waals surface area contributed by atoms with E-state index in [0.717, 1.165) is 12.1 Å². The summed E-state index contributed by atoms with van der Waals surface area (Å²) in [5.74, 6) is -1.65. The maximum Gasteiger partial charge on any atom is 0.227 e. The SMILES string of the molecule is CC1CN(C(=O)Cc2c(F)cccc2F)CC(CBr)O1. The number of ether oxygens (including phenoxy) is 1. The number of hydrogen-bond donors (Lipinski definition) is 0. The first-order chi connectivity index (χ1) is 9.51. The van der Waals surface area contributed by atoms with E-state index < -0.39 is 11.6 Å². The number of rotatable bonds is 3. The first kappa shape index (κ1) is 15.4. The maximum atomic E-state index is 13.6. The summed E-state index contributed by atoms with van der Waals surface area (Å²) in [6.07, 6.45) is -0.436. The summed E-state index contributed by atoms with van der Waals surface area (Å²) in [6.45, 7) is 2.75. The Hall–Kier alpha value is -1.01. The highest BCUT2D eigenvalue weighted by atomic mass is 79.9. The molecule has 0 N–H and O–H groups in total. The van der Waals surface area contributed by atoms with Crippen molar-refractivity contribution in [2.75, 3.05) is 18.4 Å². The minimum Gasteiger partial charge on any atom is -0.371 e. The number of morpholine rings is 1. The summed E-state index contributed by atoms with van der Waals surface area (Å²) in [6, 6.07) is 3.61. The van der Waals surface area contributed by atoms with Crippen molar-refractivity contribution in [2.45, 2.75) is 25.6 Å². The average Bonchev–Trinajstić information content (AvgIpc) is 2.42. The van der Waals surface area contributed by atoms with Gasteiger partial charge in [-0.3, -0.25) is 4.79 Å². The Morgan fingerprint density at radius 3 is 2.65 bits per heavy atom. The summed E-state index contributed by atoms with van der Waals surface area (Å²) >= 11 is 3.32. The van der Waals surface area contributed by atoms with Gasteiger partial charge in [-0.05, 0) is 19.1 Å². The molecular weight excluding hydrogens is 332 g/mol. The van der Waals surface area contributed by atoms with Crippen LogP contribution in [-0.4, -0.2) is 41.4 Å². The molecule has 110 valence electrons. The van der Waals surface area contributed by atoms with Crippen LogP contribution >= 0.6 is 15.9 Å². The minimum absolute atomic E-state index is 0.0827. The Morgan fingerprint density at radius 2 is 2.05 bits per heavy atom. The average molecular weight is 348 g/mol. The molecule has 0 aliphatic carbocycles. The smallest absolute Gasteiger partial charge is 0.227 e. The van der Waals surface area contributed by atoms with Crippen molar-refractivity contribution in [3.05, 3.63) is 35.4 Å². The van der Waals surface area contributed by atoms with Crippen molar-refractivity contribution in [3.8, 4) is 0 Å². The van der Waals surface area contributed by atoms with E-state index in [9.17, 15) is 13.6 Å². The predicted molar refractivity (Wildman–Crippen MR) is 74.8 cm³/mol. The Balaban J connectivity index is 2.08. The van der Waals surface area contributed by atoms with Crippen molar-refractivity contribution in [1.82, 2.24) is 4.90 Å². The molecule has 1 aromatic carbocycles. The number of halogens is 3. The van der Waals surface area contributed by atoms with Crippen LogP contribution in [0.5, 0.6) is 0 Å². The molecule has 2 unspecified atom stereocenters. The number of amides is 1.